The molecule has 0 spiro atoms. The Labute approximate surface area is 136 Å². The molecule has 0 N–H and O–H groups in total. The molecule has 0 unspecified atom stereocenters. The minimum atomic E-state index is 0.338. The summed E-state index contributed by atoms with van der Waals surface area (Å²) in [5.74, 6) is 4.30. The van der Waals surface area contributed by atoms with E-state index in [1.807, 2.05) is 0 Å². The van der Waals surface area contributed by atoms with Crippen LogP contribution in [0.1, 0.15) is 85.0 Å². The third kappa shape index (κ3) is 1.86. The van der Waals surface area contributed by atoms with Crippen LogP contribution >= 0.6 is 0 Å². The second-order valence-corrected chi connectivity index (χ2v) is 9.61. The Morgan fingerprint density at radius 1 is 1.00 bits per heavy atom. The molecule has 4 aliphatic rings. The highest BCUT2D eigenvalue weighted by Gasteiger charge is 2.62. The zero-order valence-electron chi connectivity index (χ0n) is 14.9. The van der Waals surface area contributed by atoms with E-state index in [4.69, 9.17) is 0 Å². The first kappa shape index (κ1) is 15.2. The van der Waals surface area contributed by atoms with Gasteiger partial charge in [0.1, 0.15) is 5.78 Å². The van der Waals surface area contributed by atoms with E-state index < -0.39 is 0 Å². The fourth-order valence-corrected chi connectivity index (χ4v) is 7.88. The summed E-state index contributed by atoms with van der Waals surface area (Å²) in [7, 11) is 0. The molecule has 4 fully saturated rings. The van der Waals surface area contributed by atoms with Crippen molar-refractivity contribution >= 4 is 5.78 Å². The van der Waals surface area contributed by atoms with Crippen LogP contribution in [0.25, 0.3) is 0 Å². The van der Waals surface area contributed by atoms with Gasteiger partial charge in [-0.15, -0.1) is 0 Å². The van der Waals surface area contributed by atoms with Crippen LogP contribution in [0.4, 0.5) is 0 Å². The van der Waals surface area contributed by atoms with Crippen LogP contribution in [0.5, 0.6) is 0 Å². The van der Waals surface area contributed by atoms with E-state index in [1.165, 1.54) is 57.8 Å². The molecule has 4 rings (SSSR count). The predicted octanol–water partition coefficient (Wildman–Crippen LogP) is 5.62. The molecule has 0 aliphatic heterocycles. The van der Waals surface area contributed by atoms with Gasteiger partial charge in [-0.1, -0.05) is 40.0 Å². The maximum Gasteiger partial charge on any atom is 0.137 e. The van der Waals surface area contributed by atoms with E-state index in [2.05, 4.69) is 20.8 Å². The summed E-state index contributed by atoms with van der Waals surface area (Å²) in [6.07, 6.45) is 13.2. The maximum atomic E-state index is 13.3. The monoisotopic (exact) mass is 302 g/mol. The number of fused-ring (bicyclic) bond motifs is 5. The Hall–Kier alpha value is -0.330. The van der Waals surface area contributed by atoms with E-state index >= 15 is 0 Å². The van der Waals surface area contributed by atoms with Gasteiger partial charge in [-0.25, -0.2) is 0 Å². The van der Waals surface area contributed by atoms with Gasteiger partial charge in [0, 0.05) is 12.3 Å². The highest BCUT2D eigenvalue weighted by molar-refractivity contribution is 5.84. The minimum Gasteiger partial charge on any atom is -0.299 e. The van der Waals surface area contributed by atoms with Crippen LogP contribution in [-0.4, -0.2) is 5.78 Å². The fourth-order valence-electron chi connectivity index (χ4n) is 7.88. The molecule has 0 amide bonds. The molecule has 0 aromatic rings. The molecule has 1 heteroatoms. The Bertz CT molecular complexity index is 469. The number of hydrogen-bond donors (Lipinski definition) is 0. The molecule has 0 heterocycles. The van der Waals surface area contributed by atoms with E-state index in [0.29, 0.717) is 22.5 Å². The van der Waals surface area contributed by atoms with Crippen LogP contribution in [-0.2, 0) is 4.79 Å². The lowest BCUT2D eigenvalue weighted by molar-refractivity contribution is -0.157. The summed E-state index contributed by atoms with van der Waals surface area (Å²) in [6, 6.07) is 0. The largest absolute Gasteiger partial charge is 0.299 e. The summed E-state index contributed by atoms with van der Waals surface area (Å²) in [4.78, 5) is 13.3. The first-order valence-corrected chi connectivity index (χ1v) is 10.0. The van der Waals surface area contributed by atoms with Gasteiger partial charge in [0.2, 0.25) is 0 Å². The molecule has 7 atom stereocenters. The van der Waals surface area contributed by atoms with Crippen molar-refractivity contribution in [3.05, 3.63) is 0 Å². The standard InChI is InChI=1S/C21H34O/c1-4-14-9-11-17-16-10-8-15-7-5-6-12-20(15,2)19(16)18(22)13-21(14,17)3/h14-17,19H,4-13H2,1-3H3/t14-,15-,16-,17-,19+,20+,21+/m1/s1. The number of hydrogen-bond acceptors (Lipinski definition) is 1. The zero-order valence-corrected chi connectivity index (χ0v) is 14.9. The first-order chi connectivity index (χ1) is 10.5. The molecule has 0 aromatic heterocycles. The van der Waals surface area contributed by atoms with Crippen LogP contribution in [0.2, 0.25) is 0 Å². The van der Waals surface area contributed by atoms with Crippen LogP contribution in [0, 0.1) is 40.4 Å². The van der Waals surface area contributed by atoms with E-state index in [9.17, 15) is 4.79 Å². The zero-order chi connectivity index (χ0) is 15.5. The number of carbonyl (C=O) groups excluding carboxylic acids is 1. The smallest absolute Gasteiger partial charge is 0.137 e. The van der Waals surface area contributed by atoms with Gasteiger partial charge in [0.15, 0.2) is 0 Å². The number of ketones is 1. The Kier molecular flexibility index (Phi) is 3.51. The number of carbonyl (C=O) groups is 1. The van der Waals surface area contributed by atoms with Crippen molar-refractivity contribution in [2.75, 3.05) is 0 Å². The van der Waals surface area contributed by atoms with Gasteiger partial charge >= 0.3 is 0 Å². The molecule has 4 aliphatic carbocycles. The van der Waals surface area contributed by atoms with Crippen molar-refractivity contribution in [3.63, 3.8) is 0 Å². The van der Waals surface area contributed by atoms with Gasteiger partial charge in [-0.05, 0) is 73.0 Å². The quantitative estimate of drug-likeness (QED) is 0.614. The van der Waals surface area contributed by atoms with Crippen molar-refractivity contribution in [1.82, 2.24) is 0 Å². The highest BCUT2D eigenvalue weighted by Crippen LogP contribution is 2.66. The van der Waals surface area contributed by atoms with Gasteiger partial charge in [-0.2, -0.15) is 0 Å². The van der Waals surface area contributed by atoms with E-state index in [1.54, 1.807) is 0 Å². The van der Waals surface area contributed by atoms with Gasteiger partial charge < -0.3 is 0 Å². The fraction of sp³-hybridized carbons (Fsp3) is 0.952. The Morgan fingerprint density at radius 2 is 1.82 bits per heavy atom. The van der Waals surface area contributed by atoms with Crippen LogP contribution in [0.15, 0.2) is 0 Å². The lowest BCUT2D eigenvalue weighted by atomic mass is 9.44. The Morgan fingerprint density at radius 3 is 2.59 bits per heavy atom. The van der Waals surface area contributed by atoms with E-state index in [-0.39, 0.29) is 0 Å². The van der Waals surface area contributed by atoms with Gasteiger partial charge in [-0.3, -0.25) is 4.79 Å². The summed E-state index contributed by atoms with van der Waals surface area (Å²) >= 11 is 0. The average molecular weight is 303 g/mol. The molecule has 0 saturated heterocycles. The van der Waals surface area contributed by atoms with Gasteiger partial charge in [0.05, 0.1) is 0 Å². The number of rotatable bonds is 1. The van der Waals surface area contributed by atoms with Crippen LogP contribution < -0.4 is 0 Å². The first-order valence-electron chi connectivity index (χ1n) is 10.0. The average Bonchev–Trinajstić information content (AvgIpc) is 2.82. The van der Waals surface area contributed by atoms with E-state index in [0.717, 1.165) is 30.1 Å². The molecule has 4 saturated carbocycles. The van der Waals surface area contributed by atoms with Crippen molar-refractivity contribution < 1.29 is 4.79 Å². The van der Waals surface area contributed by atoms with Crippen molar-refractivity contribution in [1.29, 1.82) is 0 Å². The summed E-state index contributed by atoms with van der Waals surface area (Å²) in [5.41, 5.74) is 0.689. The lowest BCUT2D eigenvalue weighted by Crippen LogP contribution is -2.56. The van der Waals surface area contributed by atoms with Crippen molar-refractivity contribution in [2.24, 2.45) is 40.4 Å². The normalized spacial score (nSPS) is 54.5. The molecule has 0 radical (unpaired) electrons. The summed E-state index contributed by atoms with van der Waals surface area (Å²) in [6.45, 7) is 7.32. The second kappa shape index (κ2) is 5.08. The SMILES string of the molecule is CC[C@@H]1CC[C@@H]2[C@H]3CC[C@H]4CCCC[C@]4(C)[C@@H]3C(=O)C[C@@]12C. The Balaban J connectivity index is 1.69. The van der Waals surface area contributed by atoms with Gasteiger partial charge in [0.25, 0.3) is 0 Å². The maximum absolute atomic E-state index is 13.3. The highest BCUT2D eigenvalue weighted by atomic mass is 16.1. The molecule has 0 bridgehead atoms. The molecular formula is C21H34O. The van der Waals surface area contributed by atoms with Crippen molar-refractivity contribution in [3.8, 4) is 0 Å². The third-order valence-electron chi connectivity index (χ3n) is 8.96. The molecule has 22 heavy (non-hydrogen) atoms. The van der Waals surface area contributed by atoms with Crippen LogP contribution in [0.3, 0.4) is 0 Å². The minimum absolute atomic E-state index is 0.338. The second-order valence-electron chi connectivity index (χ2n) is 9.61. The number of Topliss-reactive ketones (excluding diaryl/α,β-unsaturated/α-hetero) is 1. The molecule has 1 nitrogen and oxygen atoms in total. The third-order valence-corrected chi connectivity index (χ3v) is 8.96. The summed E-state index contributed by atoms with van der Waals surface area (Å²) < 4.78 is 0. The summed E-state index contributed by atoms with van der Waals surface area (Å²) in [5, 5.41) is 0. The molecule has 124 valence electrons. The van der Waals surface area contributed by atoms with Crippen molar-refractivity contribution in [2.45, 2.75) is 85.0 Å². The predicted molar refractivity (Wildman–Crippen MR) is 90.5 cm³/mol. The molecule has 0 aromatic carbocycles. The molecular weight excluding hydrogens is 268 g/mol. The lowest BCUT2D eigenvalue weighted by Gasteiger charge is -2.59. The topological polar surface area (TPSA) is 17.1 Å².